The predicted molar refractivity (Wildman–Crippen MR) is 75.7 cm³/mol. The van der Waals surface area contributed by atoms with Crippen molar-refractivity contribution in [2.75, 3.05) is 17.3 Å². The highest BCUT2D eigenvalue weighted by atomic mass is 79.9. The maximum absolute atomic E-state index is 5.55. The molecule has 1 heterocycles. The van der Waals surface area contributed by atoms with Gasteiger partial charge in [0.1, 0.15) is 5.82 Å². The summed E-state index contributed by atoms with van der Waals surface area (Å²) in [6.07, 6.45) is 3.67. The topological polar surface area (TPSA) is 63.8 Å². The lowest BCUT2D eigenvalue weighted by atomic mass is 10.3. The second-order valence-corrected chi connectivity index (χ2v) is 5.02. The van der Waals surface area contributed by atoms with E-state index in [4.69, 9.17) is 5.73 Å². The van der Waals surface area contributed by atoms with Crippen LogP contribution >= 0.6 is 27.7 Å². The molecule has 4 nitrogen and oxygen atoms in total. The molecule has 0 amide bonds. The Morgan fingerprint density at radius 2 is 2.24 bits per heavy atom. The van der Waals surface area contributed by atoms with Crippen molar-refractivity contribution in [3.63, 3.8) is 0 Å². The second-order valence-electron chi connectivity index (χ2n) is 3.28. The summed E-state index contributed by atoms with van der Waals surface area (Å²) in [6, 6.07) is 8.08. The van der Waals surface area contributed by atoms with Crippen molar-refractivity contribution in [3.8, 4) is 0 Å². The zero-order valence-corrected chi connectivity index (χ0v) is 11.5. The highest BCUT2D eigenvalue weighted by molar-refractivity contribution is 9.10. The van der Waals surface area contributed by atoms with Gasteiger partial charge in [0.25, 0.3) is 0 Å². The van der Waals surface area contributed by atoms with Crippen LogP contribution in [0, 0.1) is 0 Å². The fourth-order valence-electron chi connectivity index (χ4n) is 1.31. The zero-order valence-electron chi connectivity index (χ0n) is 9.14. The van der Waals surface area contributed by atoms with E-state index in [2.05, 4.69) is 43.3 Å². The number of thioether (sulfide) groups is 1. The Hall–Kier alpha value is -1.27. The molecule has 6 heteroatoms. The van der Waals surface area contributed by atoms with Crippen molar-refractivity contribution in [1.29, 1.82) is 0 Å². The summed E-state index contributed by atoms with van der Waals surface area (Å²) in [5.74, 6) is 0.910. The van der Waals surface area contributed by atoms with E-state index in [9.17, 15) is 0 Å². The molecule has 0 atom stereocenters. The smallest absolute Gasteiger partial charge is 0.222 e. The molecule has 1 aromatic heterocycles. The van der Waals surface area contributed by atoms with Crippen LogP contribution in [0.1, 0.15) is 0 Å². The fourth-order valence-corrected chi connectivity index (χ4v) is 2.06. The van der Waals surface area contributed by atoms with Gasteiger partial charge < -0.3 is 11.1 Å². The van der Waals surface area contributed by atoms with Gasteiger partial charge in [0.05, 0.1) is 4.47 Å². The van der Waals surface area contributed by atoms with E-state index >= 15 is 0 Å². The number of nitrogens with two attached hydrogens (primary N) is 1. The Labute approximate surface area is 112 Å². The monoisotopic (exact) mass is 310 g/mol. The van der Waals surface area contributed by atoms with Gasteiger partial charge in [-0.2, -0.15) is 4.98 Å². The predicted octanol–water partition coefficient (Wildman–Crippen LogP) is 3.29. The molecule has 0 saturated carbocycles. The summed E-state index contributed by atoms with van der Waals surface area (Å²) in [4.78, 5) is 9.20. The van der Waals surface area contributed by atoms with E-state index in [-0.39, 0.29) is 5.95 Å². The minimum absolute atomic E-state index is 0.247. The first-order chi connectivity index (χ1) is 8.19. The number of anilines is 3. The lowest BCUT2D eigenvalue weighted by Gasteiger charge is -2.08. The number of nitrogens with one attached hydrogen (secondary N) is 1. The molecule has 0 aliphatic heterocycles. The van der Waals surface area contributed by atoms with Crippen molar-refractivity contribution in [2.24, 2.45) is 0 Å². The zero-order chi connectivity index (χ0) is 12.3. The Morgan fingerprint density at radius 3 is 3.00 bits per heavy atom. The van der Waals surface area contributed by atoms with Gasteiger partial charge in [-0.15, -0.1) is 11.8 Å². The van der Waals surface area contributed by atoms with Crippen LogP contribution in [-0.4, -0.2) is 16.2 Å². The van der Waals surface area contributed by atoms with E-state index in [1.807, 2.05) is 18.4 Å². The summed E-state index contributed by atoms with van der Waals surface area (Å²) in [5.41, 5.74) is 6.52. The van der Waals surface area contributed by atoms with Crippen LogP contribution < -0.4 is 11.1 Å². The van der Waals surface area contributed by atoms with E-state index < -0.39 is 0 Å². The highest BCUT2D eigenvalue weighted by Crippen LogP contribution is 2.25. The van der Waals surface area contributed by atoms with Crippen molar-refractivity contribution in [1.82, 2.24) is 9.97 Å². The van der Waals surface area contributed by atoms with Crippen LogP contribution in [0.15, 0.2) is 39.8 Å². The molecule has 0 aliphatic carbocycles. The molecule has 2 rings (SSSR count). The lowest BCUT2D eigenvalue weighted by molar-refractivity contribution is 1.17. The lowest BCUT2D eigenvalue weighted by Crippen LogP contribution is -2.00. The van der Waals surface area contributed by atoms with Gasteiger partial charge in [0, 0.05) is 16.8 Å². The molecule has 0 saturated heterocycles. The third-order valence-electron chi connectivity index (χ3n) is 2.10. The van der Waals surface area contributed by atoms with Crippen LogP contribution in [0.5, 0.6) is 0 Å². The van der Waals surface area contributed by atoms with E-state index in [1.165, 1.54) is 4.90 Å². The third kappa shape index (κ3) is 3.10. The second kappa shape index (κ2) is 5.37. The first-order valence-corrected chi connectivity index (χ1v) is 6.90. The Balaban J connectivity index is 2.27. The van der Waals surface area contributed by atoms with Crippen molar-refractivity contribution >= 4 is 45.1 Å². The SMILES string of the molecule is CSc1cccc(Nc2nc(N)ncc2Br)c1. The molecule has 1 aromatic carbocycles. The summed E-state index contributed by atoms with van der Waals surface area (Å²) in [5, 5.41) is 3.20. The van der Waals surface area contributed by atoms with Gasteiger partial charge in [0.2, 0.25) is 5.95 Å². The fraction of sp³-hybridized carbons (Fsp3) is 0.0909. The summed E-state index contributed by atoms with van der Waals surface area (Å²) >= 11 is 5.07. The summed E-state index contributed by atoms with van der Waals surface area (Å²) in [6.45, 7) is 0. The van der Waals surface area contributed by atoms with Gasteiger partial charge in [-0.05, 0) is 40.4 Å². The van der Waals surface area contributed by atoms with Crippen LogP contribution in [0.25, 0.3) is 0 Å². The normalized spacial score (nSPS) is 10.2. The van der Waals surface area contributed by atoms with E-state index in [0.29, 0.717) is 5.82 Å². The van der Waals surface area contributed by atoms with Crippen molar-refractivity contribution in [3.05, 3.63) is 34.9 Å². The standard InChI is InChI=1S/C11H11BrN4S/c1-17-8-4-2-3-7(5-8)15-10-9(12)6-14-11(13)16-10/h2-6H,1H3,(H3,13,14,15,16). The largest absolute Gasteiger partial charge is 0.368 e. The Morgan fingerprint density at radius 1 is 1.41 bits per heavy atom. The number of nitrogen functional groups attached to an aromatic ring is 1. The molecule has 17 heavy (non-hydrogen) atoms. The minimum Gasteiger partial charge on any atom is -0.368 e. The highest BCUT2D eigenvalue weighted by Gasteiger charge is 2.04. The Kier molecular flexibility index (Phi) is 3.86. The first kappa shape index (κ1) is 12.2. The number of hydrogen-bond donors (Lipinski definition) is 2. The molecule has 88 valence electrons. The summed E-state index contributed by atoms with van der Waals surface area (Å²) in [7, 11) is 0. The average molecular weight is 311 g/mol. The minimum atomic E-state index is 0.247. The third-order valence-corrected chi connectivity index (χ3v) is 3.40. The number of hydrogen-bond acceptors (Lipinski definition) is 5. The van der Waals surface area contributed by atoms with Gasteiger partial charge in [0.15, 0.2) is 0 Å². The molecule has 0 unspecified atom stereocenters. The van der Waals surface area contributed by atoms with E-state index in [0.717, 1.165) is 10.2 Å². The van der Waals surface area contributed by atoms with Gasteiger partial charge in [-0.3, -0.25) is 0 Å². The first-order valence-electron chi connectivity index (χ1n) is 4.88. The van der Waals surface area contributed by atoms with Crippen LogP contribution in [0.4, 0.5) is 17.5 Å². The number of nitrogens with zero attached hydrogens (tertiary/aromatic N) is 2. The van der Waals surface area contributed by atoms with Gasteiger partial charge in [-0.1, -0.05) is 6.07 Å². The molecule has 0 spiro atoms. The van der Waals surface area contributed by atoms with Crippen LogP contribution in [-0.2, 0) is 0 Å². The van der Waals surface area contributed by atoms with Crippen molar-refractivity contribution < 1.29 is 0 Å². The molecule has 0 fully saturated rings. The quantitative estimate of drug-likeness (QED) is 0.852. The molecule has 0 bridgehead atoms. The molecular weight excluding hydrogens is 300 g/mol. The van der Waals surface area contributed by atoms with Crippen LogP contribution in [0.3, 0.4) is 0 Å². The number of rotatable bonds is 3. The molecule has 3 N–H and O–H groups in total. The summed E-state index contributed by atoms with van der Waals surface area (Å²) < 4.78 is 0.779. The maximum Gasteiger partial charge on any atom is 0.222 e. The van der Waals surface area contributed by atoms with Gasteiger partial charge in [-0.25, -0.2) is 4.98 Å². The van der Waals surface area contributed by atoms with E-state index in [1.54, 1.807) is 18.0 Å². The maximum atomic E-state index is 5.55. The molecule has 0 radical (unpaired) electrons. The number of halogens is 1. The molecule has 2 aromatic rings. The molecule has 0 aliphatic rings. The Bertz CT molecular complexity index is 533. The van der Waals surface area contributed by atoms with Crippen molar-refractivity contribution in [2.45, 2.75) is 4.90 Å². The van der Waals surface area contributed by atoms with Crippen LogP contribution in [0.2, 0.25) is 0 Å². The number of aromatic nitrogens is 2. The number of benzene rings is 1. The van der Waals surface area contributed by atoms with Gasteiger partial charge >= 0.3 is 0 Å². The average Bonchev–Trinajstić information content (AvgIpc) is 2.34. The molecular formula is C11H11BrN4S.